The molecule has 1 unspecified atom stereocenters. The summed E-state index contributed by atoms with van der Waals surface area (Å²) < 4.78 is 0. The van der Waals surface area contributed by atoms with E-state index in [2.05, 4.69) is 0 Å². The molecule has 0 spiro atoms. The molecule has 0 rings (SSSR count). The van der Waals surface area contributed by atoms with Gasteiger partial charge in [0.05, 0.1) is 0 Å². The number of aliphatic hydroxyl groups excluding tert-OH is 1. The lowest BCUT2D eigenvalue weighted by Gasteiger charge is -2.07. The molecule has 0 aliphatic carbocycles. The number of carboxylic acids is 1. The normalized spacial score (nSPS) is 12.5. The lowest BCUT2D eigenvalue weighted by molar-refractivity contribution is -0.129. The summed E-state index contributed by atoms with van der Waals surface area (Å²) in [4.78, 5) is 10.1. The van der Waals surface area contributed by atoms with Crippen LogP contribution in [0.5, 0.6) is 0 Å². The third kappa shape index (κ3) is 4.46. The minimum Gasteiger partial charge on any atom is -0.477 e. The summed E-state index contributed by atoms with van der Waals surface area (Å²) in [5.74, 6) is -1.25. The number of aliphatic carboxylic acids is 1. The topological polar surface area (TPSA) is 107 Å². The lowest BCUT2D eigenvalue weighted by Crippen LogP contribution is -2.27. The summed E-state index contributed by atoms with van der Waals surface area (Å²) in [5, 5.41) is 23.5. The number of carboxylic acid groups (broad SMARTS) is 1. The van der Waals surface area contributed by atoms with Gasteiger partial charge >= 0.3 is 5.97 Å². The summed E-state index contributed by atoms with van der Waals surface area (Å²) in [5.41, 5.74) is 4.95. The highest BCUT2D eigenvalue weighted by atomic mass is 16.4. The van der Waals surface area contributed by atoms with Crippen molar-refractivity contribution < 1.29 is 15.0 Å². The largest absolute Gasteiger partial charge is 0.477 e. The molecule has 5 heteroatoms. The predicted octanol–water partition coefficient (Wildman–Crippen LogP) is -0.809. The van der Waals surface area contributed by atoms with Crippen molar-refractivity contribution in [3.8, 4) is 0 Å². The molecule has 5 nitrogen and oxygen atoms in total. The van der Waals surface area contributed by atoms with Gasteiger partial charge in [-0.05, 0) is 6.42 Å². The first-order chi connectivity index (χ1) is 5.07. The van der Waals surface area contributed by atoms with Crippen molar-refractivity contribution in [2.75, 3.05) is 6.61 Å². The van der Waals surface area contributed by atoms with Crippen LogP contribution in [0, 0.1) is 5.41 Å². The molecule has 0 saturated carbocycles. The van der Waals surface area contributed by atoms with Gasteiger partial charge < -0.3 is 15.9 Å². The lowest BCUT2D eigenvalue weighted by atomic mass is 10.1. The van der Waals surface area contributed by atoms with E-state index in [1.165, 1.54) is 0 Å². The Morgan fingerprint density at radius 1 is 1.64 bits per heavy atom. The molecule has 64 valence electrons. The molecule has 0 heterocycles. The van der Waals surface area contributed by atoms with Gasteiger partial charge in [0, 0.05) is 19.1 Å². The molecule has 5 N–H and O–H groups in total. The zero-order valence-corrected chi connectivity index (χ0v) is 6.08. The Hall–Kier alpha value is -0.940. The zero-order chi connectivity index (χ0) is 8.85. The van der Waals surface area contributed by atoms with Crippen molar-refractivity contribution in [1.82, 2.24) is 0 Å². The van der Waals surface area contributed by atoms with E-state index in [0.29, 0.717) is 6.42 Å². The van der Waals surface area contributed by atoms with Gasteiger partial charge in [-0.3, -0.25) is 5.41 Å². The molecule has 1 atom stereocenters. The van der Waals surface area contributed by atoms with E-state index >= 15 is 0 Å². The van der Waals surface area contributed by atoms with Crippen LogP contribution in [0.25, 0.3) is 0 Å². The van der Waals surface area contributed by atoms with Crippen molar-refractivity contribution in [1.29, 1.82) is 5.41 Å². The third-order valence-electron chi connectivity index (χ3n) is 1.22. The van der Waals surface area contributed by atoms with Crippen LogP contribution in [0.3, 0.4) is 0 Å². The average molecular weight is 160 g/mol. The van der Waals surface area contributed by atoms with Crippen LogP contribution in [0.1, 0.15) is 12.8 Å². The molecule has 11 heavy (non-hydrogen) atoms. The molecule has 0 amide bonds. The Morgan fingerprint density at radius 2 is 2.18 bits per heavy atom. The number of hydrogen-bond acceptors (Lipinski definition) is 4. The molecular formula is C6H12N2O3. The molecule has 0 bridgehead atoms. The van der Waals surface area contributed by atoms with Gasteiger partial charge in [-0.15, -0.1) is 0 Å². The second-order valence-electron chi connectivity index (χ2n) is 2.26. The number of rotatable bonds is 5. The fourth-order valence-electron chi connectivity index (χ4n) is 0.617. The SMILES string of the molecule is N=C(CC(N)CCO)C(=O)O. The number of aliphatic hydroxyl groups is 1. The van der Waals surface area contributed by atoms with E-state index in [0.717, 1.165) is 0 Å². The Morgan fingerprint density at radius 3 is 2.55 bits per heavy atom. The van der Waals surface area contributed by atoms with Crippen LogP contribution in [0.2, 0.25) is 0 Å². The van der Waals surface area contributed by atoms with Crippen molar-refractivity contribution in [3.05, 3.63) is 0 Å². The van der Waals surface area contributed by atoms with Crippen LogP contribution < -0.4 is 5.73 Å². The van der Waals surface area contributed by atoms with Crippen molar-refractivity contribution >= 4 is 11.7 Å². The average Bonchev–Trinajstić information content (AvgIpc) is 1.87. The van der Waals surface area contributed by atoms with E-state index in [-0.39, 0.29) is 13.0 Å². The summed E-state index contributed by atoms with van der Waals surface area (Å²) in [6, 6.07) is -0.427. The minimum absolute atomic E-state index is 0.00981. The number of nitrogens with two attached hydrogens (primary N) is 1. The van der Waals surface area contributed by atoms with E-state index in [9.17, 15) is 4.79 Å². The maximum Gasteiger partial charge on any atom is 0.349 e. The number of hydrogen-bond donors (Lipinski definition) is 4. The fraction of sp³-hybridized carbons (Fsp3) is 0.667. The van der Waals surface area contributed by atoms with Crippen LogP contribution in [0.15, 0.2) is 0 Å². The molecule has 0 radical (unpaired) electrons. The Bertz CT molecular complexity index is 158. The van der Waals surface area contributed by atoms with Gasteiger partial charge in [0.15, 0.2) is 0 Å². The van der Waals surface area contributed by atoms with Gasteiger partial charge in [0.1, 0.15) is 5.71 Å². The van der Waals surface area contributed by atoms with Crippen molar-refractivity contribution in [2.24, 2.45) is 5.73 Å². The Balaban J connectivity index is 3.66. The molecule has 0 aliphatic heterocycles. The number of nitrogens with one attached hydrogen (secondary N) is 1. The highest BCUT2D eigenvalue weighted by Crippen LogP contribution is 1.94. The van der Waals surface area contributed by atoms with Gasteiger partial charge in [-0.25, -0.2) is 4.79 Å². The van der Waals surface area contributed by atoms with Crippen LogP contribution in [-0.4, -0.2) is 34.5 Å². The standard InChI is InChI=1S/C6H12N2O3/c7-4(1-2-9)3-5(8)6(10)11/h4,8-9H,1-3,7H2,(H,10,11). The van der Waals surface area contributed by atoms with E-state index < -0.39 is 17.7 Å². The molecule has 0 aromatic heterocycles. The Kier molecular flexibility index (Phi) is 4.40. The van der Waals surface area contributed by atoms with Gasteiger partial charge in [-0.2, -0.15) is 0 Å². The second kappa shape index (κ2) is 4.81. The fourth-order valence-corrected chi connectivity index (χ4v) is 0.617. The maximum atomic E-state index is 10.1. The summed E-state index contributed by atoms with van der Waals surface area (Å²) in [6.07, 6.45) is 0.339. The molecule has 0 saturated heterocycles. The zero-order valence-electron chi connectivity index (χ0n) is 6.08. The van der Waals surface area contributed by atoms with E-state index in [1.807, 2.05) is 0 Å². The van der Waals surface area contributed by atoms with Crippen molar-refractivity contribution in [3.63, 3.8) is 0 Å². The monoisotopic (exact) mass is 160 g/mol. The van der Waals surface area contributed by atoms with Gasteiger partial charge in [0.25, 0.3) is 0 Å². The molecule has 0 fully saturated rings. The smallest absolute Gasteiger partial charge is 0.349 e. The van der Waals surface area contributed by atoms with Gasteiger partial charge in [-0.1, -0.05) is 0 Å². The number of carbonyl (C=O) groups is 1. The van der Waals surface area contributed by atoms with Gasteiger partial charge in [0.2, 0.25) is 0 Å². The van der Waals surface area contributed by atoms with Crippen molar-refractivity contribution in [2.45, 2.75) is 18.9 Å². The highest BCUT2D eigenvalue weighted by molar-refractivity contribution is 6.34. The van der Waals surface area contributed by atoms with Crippen LogP contribution in [-0.2, 0) is 4.79 Å². The van der Waals surface area contributed by atoms with E-state index in [4.69, 9.17) is 21.4 Å². The maximum absolute atomic E-state index is 10.1. The highest BCUT2D eigenvalue weighted by Gasteiger charge is 2.11. The minimum atomic E-state index is -1.25. The summed E-state index contributed by atoms with van der Waals surface area (Å²) in [6.45, 7) is -0.0753. The summed E-state index contributed by atoms with van der Waals surface area (Å²) >= 11 is 0. The molecule has 0 aromatic carbocycles. The molecule has 0 aromatic rings. The van der Waals surface area contributed by atoms with Crippen LogP contribution in [0.4, 0.5) is 0 Å². The predicted molar refractivity (Wildman–Crippen MR) is 39.7 cm³/mol. The van der Waals surface area contributed by atoms with E-state index in [1.54, 1.807) is 0 Å². The molecular weight excluding hydrogens is 148 g/mol. The third-order valence-corrected chi connectivity index (χ3v) is 1.22. The quantitative estimate of drug-likeness (QED) is 0.394. The second-order valence-corrected chi connectivity index (χ2v) is 2.26. The van der Waals surface area contributed by atoms with Crippen LogP contribution >= 0.6 is 0 Å². The Labute approximate surface area is 64.3 Å². The first kappa shape index (κ1) is 10.1. The first-order valence-electron chi connectivity index (χ1n) is 3.25. The summed E-state index contributed by atoms with van der Waals surface area (Å²) in [7, 11) is 0. The first-order valence-corrected chi connectivity index (χ1v) is 3.25. The molecule has 0 aliphatic rings.